The van der Waals surface area contributed by atoms with Gasteiger partial charge < -0.3 is 9.53 Å². The van der Waals surface area contributed by atoms with Gasteiger partial charge in [-0.2, -0.15) is 0 Å². The minimum Gasteiger partial charge on any atom is -0.478 e. The summed E-state index contributed by atoms with van der Waals surface area (Å²) in [5.74, 6) is -0.958. The summed E-state index contributed by atoms with van der Waals surface area (Å²) >= 11 is 0. The molecule has 0 saturated heterocycles. The fourth-order valence-electron chi connectivity index (χ4n) is 0.994. The molecule has 1 atom stereocenters. The number of allylic oxidation sites excluding steroid dienone is 2. The van der Waals surface area contributed by atoms with E-state index in [1.807, 2.05) is 6.08 Å². The lowest BCUT2D eigenvalue weighted by atomic mass is 10.2. The molecule has 0 amide bonds. The Hall–Kier alpha value is -1.13. The van der Waals surface area contributed by atoms with Crippen molar-refractivity contribution in [3.8, 4) is 0 Å². The Morgan fingerprint density at radius 2 is 1.89 bits per heavy atom. The summed E-state index contributed by atoms with van der Waals surface area (Å²) in [5.41, 5.74) is 0. The molecule has 0 unspecified atom stereocenters. The molecule has 0 aromatic carbocycles. The molecule has 18 heavy (non-hydrogen) atoms. The molecule has 0 bridgehead atoms. The van der Waals surface area contributed by atoms with Crippen molar-refractivity contribution >= 4 is 14.3 Å². The van der Waals surface area contributed by atoms with Gasteiger partial charge in [-0.25, -0.2) is 4.79 Å². The van der Waals surface area contributed by atoms with Crippen molar-refractivity contribution in [2.75, 3.05) is 0 Å². The molecule has 4 heteroatoms. The van der Waals surface area contributed by atoms with Gasteiger partial charge in [0, 0.05) is 6.08 Å². The molecule has 0 aliphatic rings. The normalized spacial score (nSPS) is 15.2. The van der Waals surface area contributed by atoms with Crippen LogP contribution in [0.3, 0.4) is 0 Å². The third-order valence-corrected chi connectivity index (χ3v) is 7.59. The number of carbonyl (C=O) groups is 1. The number of rotatable bonds is 6. The van der Waals surface area contributed by atoms with Crippen LogP contribution in [-0.2, 0) is 9.22 Å². The predicted octanol–water partition coefficient (Wildman–Crippen LogP) is 3.76. The molecule has 0 aliphatic heterocycles. The zero-order valence-electron chi connectivity index (χ0n) is 11.9. The predicted molar refractivity (Wildman–Crippen MR) is 78.2 cm³/mol. The lowest BCUT2D eigenvalue weighted by Gasteiger charge is -2.38. The maximum absolute atomic E-state index is 10.3. The molecule has 0 aromatic rings. The monoisotopic (exact) mass is 268 g/mol. The Bertz CT molecular complexity index is 349. The van der Waals surface area contributed by atoms with Crippen LogP contribution in [0.5, 0.6) is 0 Å². The first-order chi connectivity index (χ1) is 8.10. The molecule has 0 rings (SSSR count). The molecule has 3 nitrogen and oxygen atoms in total. The molecule has 0 heterocycles. The van der Waals surface area contributed by atoms with Crippen molar-refractivity contribution in [3.05, 3.63) is 37.0 Å². The van der Waals surface area contributed by atoms with Gasteiger partial charge in [0.1, 0.15) is 0 Å². The van der Waals surface area contributed by atoms with Crippen LogP contribution in [0, 0.1) is 0 Å². The molecule has 0 saturated carbocycles. The van der Waals surface area contributed by atoms with E-state index in [0.717, 1.165) is 6.08 Å². The summed E-state index contributed by atoms with van der Waals surface area (Å²) in [7, 11) is -1.83. The molecule has 1 N–H and O–H groups in total. The number of hydrogen-bond donors (Lipinski definition) is 1. The van der Waals surface area contributed by atoms with Crippen LogP contribution >= 0.6 is 0 Å². The molecule has 102 valence electrons. The summed E-state index contributed by atoms with van der Waals surface area (Å²) in [6.07, 6.45) is 7.60. The smallest absolute Gasteiger partial charge is 0.328 e. The molecule has 0 spiro atoms. The minimum absolute atomic E-state index is 0.138. The number of aliphatic carboxylic acids is 1. The van der Waals surface area contributed by atoms with Gasteiger partial charge in [-0.1, -0.05) is 45.1 Å². The van der Waals surface area contributed by atoms with E-state index in [0.29, 0.717) is 0 Å². The van der Waals surface area contributed by atoms with Gasteiger partial charge in [-0.3, -0.25) is 0 Å². The van der Waals surface area contributed by atoms with Gasteiger partial charge in [-0.15, -0.1) is 6.58 Å². The lowest BCUT2D eigenvalue weighted by Crippen LogP contribution is -2.43. The number of carboxylic acids is 1. The van der Waals surface area contributed by atoms with Crippen LogP contribution < -0.4 is 0 Å². The summed E-state index contributed by atoms with van der Waals surface area (Å²) < 4.78 is 6.11. The highest BCUT2D eigenvalue weighted by Gasteiger charge is 2.38. The number of carboxylic acid groups (broad SMARTS) is 1. The van der Waals surface area contributed by atoms with E-state index in [2.05, 4.69) is 40.4 Å². The highest BCUT2D eigenvalue weighted by Crippen LogP contribution is 2.37. The highest BCUT2D eigenvalue weighted by atomic mass is 28.4. The van der Waals surface area contributed by atoms with Crippen molar-refractivity contribution in [2.24, 2.45) is 0 Å². The Kier molecular flexibility index (Phi) is 6.28. The van der Waals surface area contributed by atoms with Crippen molar-refractivity contribution in [1.29, 1.82) is 0 Å². The van der Waals surface area contributed by atoms with Crippen LogP contribution in [0.25, 0.3) is 0 Å². The molecular weight excluding hydrogens is 244 g/mol. The van der Waals surface area contributed by atoms with E-state index in [9.17, 15) is 4.79 Å². The quantitative estimate of drug-likeness (QED) is 0.345. The Morgan fingerprint density at radius 1 is 1.33 bits per heavy atom. The van der Waals surface area contributed by atoms with E-state index in [-0.39, 0.29) is 11.1 Å². The first-order valence-electron chi connectivity index (χ1n) is 5.98. The fourth-order valence-corrected chi connectivity index (χ4v) is 2.20. The average molecular weight is 268 g/mol. The van der Waals surface area contributed by atoms with Gasteiger partial charge in [0.05, 0.1) is 6.10 Å². The van der Waals surface area contributed by atoms with E-state index in [4.69, 9.17) is 9.53 Å². The van der Waals surface area contributed by atoms with E-state index >= 15 is 0 Å². The maximum atomic E-state index is 10.3. The second-order valence-electron chi connectivity index (χ2n) is 5.66. The van der Waals surface area contributed by atoms with E-state index in [1.165, 1.54) is 6.08 Å². The Morgan fingerprint density at radius 3 is 2.28 bits per heavy atom. The van der Waals surface area contributed by atoms with Crippen LogP contribution in [0.15, 0.2) is 37.0 Å². The van der Waals surface area contributed by atoms with Crippen LogP contribution in [-0.4, -0.2) is 25.5 Å². The minimum atomic E-state index is -1.83. The van der Waals surface area contributed by atoms with Gasteiger partial charge >= 0.3 is 5.97 Å². The molecule has 0 radical (unpaired) electrons. The molecule has 0 fully saturated rings. The number of hydrogen-bond acceptors (Lipinski definition) is 2. The summed E-state index contributed by atoms with van der Waals surface area (Å²) in [6.45, 7) is 14.6. The maximum Gasteiger partial charge on any atom is 0.328 e. The molecule has 0 aromatic heterocycles. The van der Waals surface area contributed by atoms with Gasteiger partial charge in [0.25, 0.3) is 0 Å². The average Bonchev–Trinajstić information content (AvgIpc) is 2.20. The lowest BCUT2D eigenvalue weighted by molar-refractivity contribution is -0.131. The van der Waals surface area contributed by atoms with Crippen molar-refractivity contribution < 1.29 is 14.3 Å². The summed E-state index contributed by atoms with van der Waals surface area (Å²) in [5, 5.41) is 8.60. The molecule has 0 aliphatic carbocycles. The third-order valence-electron chi connectivity index (χ3n) is 3.12. The second kappa shape index (κ2) is 6.71. The van der Waals surface area contributed by atoms with Gasteiger partial charge in [-0.05, 0) is 18.1 Å². The van der Waals surface area contributed by atoms with Crippen LogP contribution in [0.4, 0.5) is 0 Å². The summed E-state index contributed by atoms with van der Waals surface area (Å²) in [6, 6.07) is 0. The van der Waals surface area contributed by atoms with Crippen molar-refractivity contribution in [2.45, 2.75) is 45.0 Å². The van der Waals surface area contributed by atoms with Crippen LogP contribution in [0.2, 0.25) is 18.1 Å². The molecular formula is C14H24O3Si. The zero-order valence-corrected chi connectivity index (χ0v) is 12.9. The first kappa shape index (κ1) is 16.9. The first-order valence-corrected chi connectivity index (χ1v) is 8.89. The Labute approximate surface area is 111 Å². The standard InChI is InChI=1S/C14H24O3Si/c1-7-12(10-8-9-11-13(15)16)17-18(5,6)14(2,3)4/h7-12H,1H2,2-6H3,(H,15,16)/b10-8+,11-9-/t12-/m1/s1. The Balaban J connectivity index is 4.63. The van der Waals surface area contributed by atoms with E-state index < -0.39 is 14.3 Å². The SMILES string of the molecule is C=C[C@H](/C=C/C=C\C(=O)O)O[Si](C)(C)C(C)(C)C. The highest BCUT2D eigenvalue weighted by molar-refractivity contribution is 6.74. The second-order valence-corrected chi connectivity index (χ2v) is 10.4. The largest absolute Gasteiger partial charge is 0.478 e. The van der Waals surface area contributed by atoms with Crippen LogP contribution in [0.1, 0.15) is 20.8 Å². The fraction of sp³-hybridized carbons (Fsp3) is 0.500. The van der Waals surface area contributed by atoms with Gasteiger partial charge in [0.15, 0.2) is 8.32 Å². The van der Waals surface area contributed by atoms with Gasteiger partial charge in [0.2, 0.25) is 0 Å². The van der Waals surface area contributed by atoms with Crippen molar-refractivity contribution in [3.63, 3.8) is 0 Å². The zero-order chi connectivity index (χ0) is 14.4. The van der Waals surface area contributed by atoms with Crippen molar-refractivity contribution in [1.82, 2.24) is 0 Å². The third kappa shape index (κ3) is 5.98. The van der Waals surface area contributed by atoms with E-state index in [1.54, 1.807) is 12.2 Å². The summed E-state index contributed by atoms with van der Waals surface area (Å²) in [4.78, 5) is 10.3. The topological polar surface area (TPSA) is 46.5 Å².